The number of ether oxygens (including phenoxy) is 2. The number of anilines is 2. The molecule has 0 aliphatic rings. The second kappa shape index (κ2) is 15.1. The molecule has 2 aromatic carbocycles. The zero-order valence-electron chi connectivity index (χ0n) is 26.1. The molecule has 0 aliphatic carbocycles. The van der Waals surface area contributed by atoms with Gasteiger partial charge in [0.25, 0.3) is 0 Å². The minimum absolute atomic E-state index is 0.120. The zero-order valence-corrected chi connectivity index (χ0v) is 30.1. The fourth-order valence-electron chi connectivity index (χ4n) is 4.95. The van der Waals surface area contributed by atoms with E-state index in [1.165, 1.54) is 24.3 Å². The Bertz CT molecular complexity index is 1040. The maximum atomic E-state index is 13.6. The summed E-state index contributed by atoms with van der Waals surface area (Å²) in [6.07, 6.45) is 3.66. The minimum atomic E-state index is -2.42. The van der Waals surface area contributed by atoms with Crippen molar-refractivity contribution in [3.8, 4) is 11.5 Å². The van der Waals surface area contributed by atoms with Crippen molar-refractivity contribution in [3.63, 3.8) is 0 Å². The van der Waals surface area contributed by atoms with E-state index in [1.807, 2.05) is 0 Å². The van der Waals surface area contributed by atoms with E-state index in [9.17, 15) is 8.78 Å². The number of unbranched alkanes of at least 4 members (excludes halogenated alkanes) is 2. The van der Waals surface area contributed by atoms with Gasteiger partial charge < -0.3 is 33.3 Å². The van der Waals surface area contributed by atoms with Crippen LogP contribution < -0.4 is 20.9 Å². The van der Waals surface area contributed by atoms with Gasteiger partial charge in [-0.1, -0.05) is 12.8 Å². The number of hydrogen-bond acceptors (Lipinski definition) is 7. The Morgan fingerprint density at radius 3 is 1.27 bits per heavy atom. The first-order valence-electron chi connectivity index (χ1n) is 14.3. The summed E-state index contributed by atoms with van der Waals surface area (Å²) in [4.78, 5) is 0. The molecule has 232 valence electrons. The van der Waals surface area contributed by atoms with Gasteiger partial charge in [0.2, 0.25) is 0 Å². The van der Waals surface area contributed by atoms with Crippen LogP contribution in [0.25, 0.3) is 0 Å². The first kappa shape index (κ1) is 35.4. The Balaban J connectivity index is 1.72. The van der Waals surface area contributed by atoms with Crippen molar-refractivity contribution in [2.24, 2.45) is 0 Å². The molecule has 0 atom stereocenters. The van der Waals surface area contributed by atoms with E-state index in [2.05, 4.69) is 52.4 Å². The van der Waals surface area contributed by atoms with Crippen LogP contribution in [0.1, 0.15) is 25.7 Å². The SMILES string of the molecule is C[Si](C)(CCCCOc1ccc(N)c(F)c1)O[Si](C)(C)O[Si](C)(C)O[Si](C)(C)CCCCOc1ccc(N)c(F)c1. The van der Waals surface area contributed by atoms with Crippen LogP contribution in [0, 0.1) is 11.6 Å². The zero-order chi connectivity index (χ0) is 30.9. The smallest absolute Gasteiger partial charge is 0.312 e. The fourth-order valence-corrected chi connectivity index (χ4v) is 24.4. The number of halogens is 2. The lowest BCUT2D eigenvalue weighted by Gasteiger charge is -2.41. The number of rotatable bonds is 18. The van der Waals surface area contributed by atoms with Crippen molar-refractivity contribution >= 4 is 45.1 Å². The Morgan fingerprint density at radius 2 is 0.927 bits per heavy atom. The van der Waals surface area contributed by atoms with Gasteiger partial charge in [-0.15, -0.1) is 0 Å². The molecule has 4 N–H and O–H groups in total. The average Bonchev–Trinajstić information content (AvgIpc) is 2.80. The summed E-state index contributed by atoms with van der Waals surface area (Å²) in [7, 11) is -8.78. The van der Waals surface area contributed by atoms with Crippen LogP contribution in [0.4, 0.5) is 20.2 Å². The molecule has 0 bridgehead atoms. The normalized spacial score (nSPS) is 12.9. The number of nitrogen functional groups attached to an aromatic ring is 2. The molecule has 41 heavy (non-hydrogen) atoms. The van der Waals surface area contributed by atoms with Crippen LogP contribution in [0.5, 0.6) is 11.5 Å². The van der Waals surface area contributed by atoms with E-state index in [0.29, 0.717) is 24.7 Å². The molecule has 2 rings (SSSR count). The molecule has 0 spiro atoms. The summed E-state index contributed by atoms with van der Waals surface area (Å²) < 4.78 is 58.6. The van der Waals surface area contributed by atoms with Gasteiger partial charge in [-0.25, -0.2) is 8.78 Å². The maximum Gasteiger partial charge on any atom is 0.312 e. The molecule has 0 aliphatic heterocycles. The Morgan fingerprint density at radius 1 is 0.561 bits per heavy atom. The topological polar surface area (TPSA) is 98.2 Å². The lowest BCUT2D eigenvalue weighted by Crippen LogP contribution is -2.56. The molecule has 7 nitrogen and oxygen atoms in total. The first-order valence-corrected chi connectivity index (χ1v) is 26.2. The average molecular weight is 645 g/mol. The molecule has 0 heterocycles. The summed E-state index contributed by atoms with van der Waals surface area (Å²) in [5.41, 5.74) is 11.3. The highest BCUT2D eigenvalue weighted by Crippen LogP contribution is 2.28. The predicted molar refractivity (Wildman–Crippen MR) is 174 cm³/mol. The quantitative estimate of drug-likeness (QED) is 0.0964. The van der Waals surface area contributed by atoms with Crippen molar-refractivity contribution in [3.05, 3.63) is 48.0 Å². The molecular formula is C28H50F2N2O5Si4. The van der Waals surface area contributed by atoms with Gasteiger partial charge in [0.1, 0.15) is 23.1 Å². The molecule has 0 unspecified atom stereocenters. The number of hydrogen-bond donors (Lipinski definition) is 2. The third-order valence-corrected chi connectivity index (χ3v) is 21.8. The van der Waals surface area contributed by atoms with Gasteiger partial charge >= 0.3 is 17.1 Å². The summed E-state index contributed by atoms with van der Waals surface area (Å²) in [6, 6.07) is 11.0. The lowest BCUT2D eigenvalue weighted by atomic mass is 10.3. The highest BCUT2D eigenvalue weighted by molar-refractivity contribution is 6.89. The van der Waals surface area contributed by atoms with Crippen molar-refractivity contribution in [1.29, 1.82) is 0 Å². The van der Waals surface area contributed by atoms with Gasteiger partial charge in [0, 0.05) is 12.1 Å². The largest absolute Gasteiger partial charge is 0.493 e. The van der Waals surface area contributed by atoms with E-state index in [0.717, 1.165) is 37.8 Å². The van der Waals surface area contributed by atoms with Crippen LogP contribution >= 0.6 is 0 Å². The van der Waals surface area contributed by atoms with Gasteiger partial charge in [0.05, 0.1) is 24.6 Å². The van der Waals surface area contributed by atoms with E-state index >= 15 is 0 Å². The van der Waals surface area contributed by atoms with Crippen LogP contribution in [0.2, 0.25) is 64.5 Å². The highest BCUT2D eigenvalue weighted by Gasteiger charge is 2.43. The fraction of sp³-hybridized carbons (Fsp3) is 0.571. The number of nitrogens with two attached hydrogens (primary N) is 2. The van der Waals surface area contributed by atoms with Crippen LogP contribution in [-0.4, -0.2) is 47.0 Å². The third-order valence-electron chi connectivity index (χ3n) is 6.36. The van der Waals surface area contributed by atoms with E-state index < -0.39 is 45.4 Å². The minimum Gasteiger partial charge on any atom is -0.493 e. The van der Waals surface area contributed by atoms with Crippen molar-refractivity contribution < 1.29 is 30.6 Å². The summed E-state index contributed by atoms with van der Waals surface area (Å²) >= 11 is 0. The van der Waals surface area contributed by atoms with Crippen molar-refractivity contribution in [2.75, 3.05) is 24.7 Å². The highest BCUT2D eigenvalue weighted by atomic mass is 28.5. The predicted octanol–water partition coefficient (Wildman–Crippen LogP) is 8.01. The van der Waals surface area contributed by atoms with E-state index in [-0.39, 0.29) is 11.4 Å². The van der Waals surface area contributed by atoms with Gasteiger partial charge in [0.15, 0.2) is 16.6 Å². The molecule has 0 aromatic heterocycles. The Hall–Kier alpha value is -1.75. The molecule has 0 radical (unpaired) electrons. The van der Waals surface area contributed by atoms with E-state index in [4.69, 9.17) is 33.3 Å². The van der Waals surface area contributed by atoms with Gasteiger partial charge in [-0.05, 0) is 102 Å². The second-order valence-corrected chi connectivity index (χ2v) is 28.7. The lowest BCUT2D eigenvalue weighted by molar-refractivity contribution is 0.304. The van der Waals surface area contributed by atoms with Gasteiger partial charge in [-0.3, -0.25) is 0 Å². The Kier molecular flexibility index (Phi) is 13.1. The number of benzene rings is 2. The summed E-state index contributed by atoms with van der Waals surface area (Å²) in [5.74, 6) is 0.0652. The molecular weight excluding hydrogens is 595 g/mol. The third kappa shape index (κ3) is 13.8. The van der Waals surface area contributed by atoms with Crippen LogP contribution in [-0.2, 0) is 12.3 Å². The monoisotopic (exact) mass is 644 g/mol. The molecule has 0 saturated heterocycles. The maximum absolute atomic E-state index is 13.6. The van der Waals surface area contributed by atoms with Crippen molar-refractivity contribution in [1.82, 2.24) is 0 Å². The van der Waals surface area contributed by atoms with Crippen molar-refractivity contribution in [2.45, 2.75) is 90.1 Å². The molecule has 0 saturated carbocycles. The molecule has 0 amide bonds. The first-order chi connectivity index (χ1) is 18.9. The Labute approximate surface area is 249 Å². The molecule has 13 heteroatoms. The molecule has 0 fully saturated rings. The van der Waals surface area contributed by atoms with Crippen LogP contribution in [0.15, 0.2) is 36.4 Å². The van der Waals surface area contributed by atoms with E-state index in [1.54, 1.807) is 12.1 Å². The summed E-state index contributed by atoms with van der Waals surface area (Å²) in [5, 5.41) is 0. The van der Waals surface area contributed by atoms with Gasteiger partial charge in [-0.2, -0.15) is 0 Å². The standard InChI is InChI=1S/C28H50F2N2O5Si4/c1-38(2,19-11-9-17-33-23-13-15-27(31)25(29)21-23)35-40(5,6)37-41(7,8)36-39(3,4)20-12-10-18-34-24-14-16-28(32)26(30)22-24/h13-16,21-22H,9-12,17-20,31-32H2,1-8H3. The molecule has 2 aromatic rings. The summed E-state index contributed by atoms with van der Waals surface area (Å²) in [6.45, 7) is 18.4. The second-order valence-electron chi connectivity index (χ2n) is 12.6. The van der Waals surface area contributed by atoms with Crippen LogP contribution in [0.3, 0.4) is 0 Å².